The molecule has 1 fully saturated rings. The summed E-state index contributed by atoms with van der Waals surface area (Å²) in [4.78, 5) is 64.1. The lowest BCUT2D eigenvalue weighted by Gasteiger charge is -2.22. The molecule has 3 amide bonds. The van der Waals surface area contributed by atoms with E-state index >= 15 is 0 Å². The number of nitrogens with one attached hydrogen (secondary N) is 3. The molecule has 12 heteroatoms. The number of amides is 3. The number of carbonyl (C=O) groups is 4. The van der Waals surface area contributed by atoms with Gasteiger partial charge in [-0.05, 0) is 85.5 Å². The highest BCUT2D eigenvalue weighted by molar-refractivity contribution is 6.31. The molecule has 0 saturated heterocycles. The van der Waals surface area contributed by atoms with Crippen LogP contribution in [0, 0.1) is 0 Å². The highest BCUT2D eigenvalue weighted by atomic mass is 35.5. The fourth-order valence-corrected chi connectivity index (χ4v) is 5.24. The molecule has 11 nitrogen and oxygen atoms in total. The highest BCUT2D eigenvalue weighted by Gasteiger charge is 2.26. The van der Waals surface area contributed by atoms with Gasteiger partial charge in [0.15, 0.2) is 5.78 Å². The zero-order valence-corrected chi connectivity index (χ0v) is 26.7. The minimum atomic E-state index is -1.06. The van der Waals surface area contributed by atoms with E-state index in [9.17, 15) is 24.0 Å². The summed E-state index contributed by atoms with van der Waals surface area (Å²) in [6.07, 6.45) is 3.46. The number of aromatic nitrogens is 1. The van der Waals surface area contributed by atoms with Crippen LogP contribution in [-0.4, -0.2) is 48.5 Å². The van der Waals surface area contributed by atoms with E-state index in [-0.39, 0.29) is 30.0 Å². The number of ketones is 1. The number of urea groups is 1. The van der Waals surface area contributed by atoms with Gasteiger partial charge >= 0.3 is 12.0 Å². The molecular formula is C35H33ClN4O7. The van der Waals surface area contributed by atoms with Crippen molar-refractivity contribution in [3.63, 3.8) is 0 Å². The van der Waals surface area contributed by atoms with Crippen LogP contribution in [0.5, 0.6) is 5.75 Å². The SMILES string of the molecule is COC(=O)c1ccc(NC(=O)C(Cc2ccc(NC(=O)NC3CC3)cc2)n2cc(OC)c(-c3cc(Cl)ccc3C(C)=O)cc2=O)cc1. The van der Waals surface area contributed by atoms with Gasteiger partial charge in [0, 0.05) is 46.1 Å². The molecule has 3 N–H and O–H groups in total. The van der Waals surface area contributed by atoms with Crippen molar-refractivity contribution in [3.8, 4) is 16.9 Å². The van der Waals surface area contributed by atoms with Crippen molar-refractivity contribution in [3.05, 3.63) is 111 Å². The summed E-state index contributed by atoms with van der Waals surface area (Å²) in [5.74, 6) is -1.00. The van der Waals surface area contributed by atoms with Gasteiger partial charge in [-0.1, -0.05) is 23.7 Å². The summed E-state index contributed by atoms with van der Waals surface area (Å²) in [5.41, 5.74) is 2.60. The van der Waals surface area contributed by atoms with E-state index in [0.717, 1.165) is 12.8 Å². The smallest absolute Gasteiger partial charge is 0.337 e. The number of pyridine rings is 1. The molecule has 0 radical (unpaired) electrons. The molecule has 1 unspecified atom stereocenters. The number of benzene rings is 3. The van der Waals surface area contributed by atoms with Crippen molar-refractivity contribution in [2.45, 2.75) is 38.3 Å². The van der Waals surface area contributed by atoms with Gasteiger partial charge in [-0.25, -0.2) is 9.59 Å². The quantitative estimate of drug-likeness (QED) is 0.135. The number of methoxy groups -OCH3 is 2. The van der Waals surface area contributed by atoms with E-state index in [1.807, 2.05) is 0 Å². The van der Waals surface area contributed by atoms with E-state index in [1.54, 1.807) is 54.6 Å². The molecule has 47 heavy (non-hydrogen) atoms. The Bertz CT molecular complexity index is 1880. The lowest BCUT2D eigenvalue weighted by Crippen LogP contribution is -2.34. The number of esters is 1. The molecule has 1 aromatic heterocycles. The molecule has 1 saturated carbocycles. The first kappa shape index (κ1) is 33.0. The summed E-state index contributed by atoms with van der Waals surface area (Å²) in [6.45, 7) is 1.42. The van der Waals surface area contributed by atoms with E-state index in [1.165, 1.54) is 50.1 Å². The van der Waals surface area contributed by atoms with Gasteiger partial charge < -0.3 is 25.4 Å². The number of nitrogens with zero attached hydrogens (tertiary/aromatic N) is 1. The standard InChI is InChI=1S/C35H33ClN4O7/c1-20(41)27-15-8-23(36)17-28(27)29-18-32(42)40(19-31(29)46-2)30(33(43)37-24-11-6-22(7-12-24)34(44)47-3)16-21-4-9-25(10-5-21)38-35(45)39-26-13-14-26/h4-12,15,17-19,26,30H,13-14,16H2,1-3H3,(H,37,43)(H2,38,39,45). The number of hydrogen-bond acceptors (Lipinski definition) is 7. The number of Topliss-reactive ketones (excluding diaryl/α,β-unsaturated/α-hetero) is 1. The second kappa shape index (κ2) is 14.3. The number of ether oxygens (including phenoxy) is 2. The Morgan fingerprint density at radius 2 is 1.55 bits per heavy atom. The zero-order chi connectivity index (χ0) is 33.7. The third kappa shape index (κ3) is 8.06. The van der Waals surface area contributed by atoms with E-state index < -0.39 is 23.5 Å². The number of carbonyl (C=O) groups excluding carboxylic acids is 4. The molecule has 0 spiro atoms. The second-order valence-corrected chi connectivity index (χ2v) is 11.5. The molecule has 1 atom stereocenters. The predicted octanol–water partition coefficient (Wildman–Crippen LogP) is 5.87. The highest BCUT2D eigenvalue weighted by Crippen LogP contribution is 2.34. The van der Waals surface area contributed by atoms with Gasteiger partial charge in [-0.2, -0.15) is 0 Å². The lowest BCUT2D eigenvalue weighted by atomic mass is 9.97. The van der Waals surface area contributed by atoms with Crippen molar-refractivity contribution < 1.29 is 28.7 Å². The average Bonchev–Trinajstić information content (AvgIpc) is 3.88. The maximum Gasteiger partial charge on any atom is 0.337 e. The van der Waals surface area contributed by atoms with E-state index in [0.29, 0.717) is 44.2 Å². The fraction of sp³-hybridized carbons (Fsp3) is 0.229. The minimum absolute atomic E-state index is 0.0961. The van der Waals surface area contributed by atoms with Gasteiger partial charge in [0.2, 0.25) is 5.91 Å². The Balaban J connectivity index is 1.49. The number of halogens is 1. The second-order valence-electron chi connectivity index (χ2n) is 11.1. The van der Waals surface area contributed by atoms with Crippen molar-refractivity contribution in [2.24, 2.45) is 0 Å². The fourth-order valence-electron chi connectivity index (χ4n) is 5.07. The first-order valence-corrected chi connectivity index (χ1v) is 15.2. The Kier molecular flexibility index (Phi) is 10.1. The third-order valence-corrected chi connectivity index (χ3v) is 7.92. The van der Waals surface area contributed by atoms with Crippen LogP contribution in [0.25, 0.3) is 11.1 Å². The zero-order valence-electron chi connectivity index (χ0n) is 26.0. The Morgan fingerprint density at radius 3 is 2.17 bits per heavy atom. The van der Waals surface area contributed by atoms with Crippen molar-refractivity contribution in [1.82, 2.24) is 9.88 Å². The first-order valence-electron chi connectivity index (χ1n) is 14.8. The minimum Gasteiger partial charge on any atom is -0.495 e. The molecular weight excluding hydrogens is 624 g/mol. The summed E-state index contributed by atoms with van der Waals surface area (Å²) in [7, 11) is 2.70. The lowest BCUT2D eigenvalue weighted by molar-refractivity contribution is -0.119. The Labute approximate surface area is 275 Å². The summed E-state index contributed by atoms with van der Waals surface area (Å²) >= 11 is 6.26. The van der Waals surface area contributed by atoms with Crippen LogP contribution < -0.4 is 26.2 Å². The molecule has 4 aromatic rings. The molecule has 5 rings (SSSR count). The van der Waals surface area contributed by atoms with Crippen LogP contribution in [0.2, 0.25) is 5.02 Å². The predicted molar refractivity (Wildman–Crippen MR) is 178 cm³/mol. The molecule has 1 heterocycles. The van der Waals surface area contributed by atoms with Crippen LogP contribution in [0.1, 0.15) is 52.1 Å². The van der Waals surface area contributed by atoms with Crippen molar-refractivity contribution in [2.75, 3.05) is 24.9 Å². The van der Waals surface area contributed by atoms with E-state index in [2.05, 4.69) is 16.0 Å². The van der Waals surface area contributed by atoms with Crippen LogP contribution in [0.15, 0.2) is 83.8 Å². The number of hydrogen-bond donors (Lipinski definition) is 3. The van der Waals surface area contributed by atoms with Crippen molar-refractivity contribution in [1.29, 1.82) is 0 Å². The van der Waals surface area contributed by atoms with E-state index in [4.69, 9.17) is 21.1 Å². The van der Waals surface area contributed by atoms with Gasteiger partial charge in [0.05, 0.1) is 26.0 Å². The van der Waals surface area contributed by atoms with Crippen LogP contribution in [0.4, 0.5) is 16.2 Å². The van der Waals surface area contributed by atoms with Crippen LogP contribution >= 0.6 is 11.6 Å². The normalized spacial score (nSPS) is 12.9. The average molecular weight is 657 g/mol. The van der Waals surface area contributed by atoms with Gasteiger partial charge in [0.25, 0.3) is 5.56 Å². The molecule has 242 valence electrons. The van der Waals surface area contributed by atoms with Gasteiger partial charge in [0.1, 0.15) is 11.8 Å². The molecule has 0 bridgehead atoms. The molecule has 0 aliphatic heterocycles. The summed E-state index contributed by atoms with van der Waals surface area (Å²) < 4.78 is 11.7. The Morgan fingerprint density at radius 1 is 0.894 bits per heavy atom. The molecule has 1 aliphatic rings. The monoisotopic (exact) mass is 656 g/mol. The third-order valence-electron chi connectivity index (χ3n) is 7.68. The number of rotatable bonds is 11. The maximum absolute atomic E-state index is 13.9. The van der Waals surface area contributed by atoms with Crippen LogP contribution in [-0.2, 0) is 16.0 Å². The largest absolute Gasteiger partial charge is 0.495 e. The maximum atomic E-state index is 13.9. The van der Waals surface area contributed by atoms with Crippen molar-refractivity contribution >= 4 is 46.7 Å². The topological polar surface area (TPSA) is 145 Å². The summed E-state index contributed by atoms with van der Waals surface area (Å²) in [6, 6.07) is 18.1. The molecule has 1 aliphatic carbocycles. The molecule has 3 aromatic carbocycles. The first-order chi connectivity index (χ1) is 22.6. The van der Waals surface area contributed by atoms with Gasteiger partial charge in [-0.15, -0.1) is 0 Å². The number of anilines is 2. The van der Waals surface area contributed by atoms with Gasteiger partial charge in [-0.3, -0.25) is 19.0 Å². The van der Waals surface area contributed by atoms with Crippen LogP contribution in [0.3, 0.4) is 0 Å². The summed E-state index contributed by atoms with van der Waals surface area (Å²) in [5, 5.41) is 8.86. The Hall–Kier alpha value is -5.42.